The number of benzene rings is 2. The number of fused-ring (bicyclic) bond motifs is 1. The molecule has 0 saturated carbocycles. The van der Waals surface area contributed by atoms with Crippen molar-refractivity contribution in [1.29, 1.82) is 0 Å². The Morgan fingerprint density at radius 1 is 1.10 bits per heavy atom. The molecule has 12 nitrogen and oxygen atoms in total. The van der Waals surface area contributed by atoms with Crippen molar-refractivity contribution in [3.63, 3.8) is 0 Å². The van der Waals surface area contributed by atoms with E-state index < -0.39 is 34.5 Å². The molecule has 0 saturated heterocycles. The third-order valence-electron chi connectivity index (χ3n) is 6.61. The van der Waals surface area contributed by atoms with Crippen LogP contribution in [0.4, 0.5) is 5.95 Å². The number of carbonyl (C=O) groups excluding carboxylic acids is 1. The lowest BCUT2D eigenvalue weighted by Gasteiger charge is -2.16. The molecule has 1 unspecified atom stereocenters. The number of H-pyrrole nitrogens is 1. The van der Waals surface area contributed by atoms with Crippen LogP contribution in [0.1, 0.15) is 48.5 Å². The van der Waals surface area contributed by atoms with Crippen molar-refractivity contribution < 1.29 is 23.1 Å². The van der Waals surface area contributed by atoms with Gasteiger partial charge in [-0.05, 0) is 55.2 Å². The lowest BCUT2D eigenvalue weighted by Crippen LogP contribution is -2.48. The van der Waals surface area contributed by atoms with Crippen LogP contribution in [0, 0.1) is 0 Å². The molecule has 2 aromatic carbocycles. The molecular weight excluding hydrogens is 546 g/mol. The Bertz CT molecular complexity index is 1550. The fourth-order valence-corrected chi connectivity index (χ4v) is 5.54. The van der Waals surface area contributed by atoms with Crippen LogP contribution in [-0.2, 0) is 27.8 Å². The number of nitrogens with zero attached hydrogens (tertiary/aromatic N) is 3. The Morgan fingerprint density at radius 3 is 2.61 bits per heavy atom. The molecule has 218 valence electrons. The largest absolute Gasteiger partial charge is 0.480 e. The first-order chi connectivity index (χ1) is 19.8. The number of hydrogen-bond donors (Lipinski definition) is 5. The van der Waals surface area contributed by atoms with Crippen molar-refractivity contribution in [2.75, 3.05) is 18.4 Å². The van der Waals surface area contributed by atoms with Gasteiger partial charge in [0.15, 0.2) is 5.95 Å². The van der Waals surface area contributed by atoms with Crippen LogP contribution in [0.5, 0.6) is 0 Å². The van der Waals surface area contributed by atoms with Crippen molar-refractivity contribution in [2.45, 2.75) is 56.5 Å². The molecule has 0 aliphatic heterocycles. The Hall–Kier alpha value is -4.23. The van der Waals surface area contributed by atoms with Crippen LogP contribution in [-0.4, -0.2) is 64.3 Å². The number of hydrogen-bond acceptors (Lipinski definition) is 7. The standard InChI is InChI=1S/C28H35N7O5S/c1-2-3-4-6-20-7-10-23(11-8-20)41(39,40)34-24(27(37)38)19-32-26(36)21-9-12-25-22(17-21)18-33-35(25)16-5-13-29-28-30-14-15-31-28/h7-12,14-15,17-18,24,34H,2-6,13,16,19H2,1H3,(H,32,36)(H,37,38)(H2,29,30,31). The lowest BCUT2D eigenvalue weighted by atomic mass is 10.1. The van der Waals surface area contributed by atoms with E-state index in [4.69, 9.17) is 0 Å². The summed E-state index contributed by atoms with van der Waals surface area (Å²) in [5, 5.41) is 20.5. The number of imidazole rings is 1. The number of aryl methyl sites for hydroxylation is 2. The highest BCUT2D eigenvalue weighted by atomic mass is 32.2. The number of aromatic amines is 1. The summed E-state index contributed by atoms with van der Waals surface area (Å²) < 4.78 is 29.7. The summed E-state index contributed by atoms with van der Waals surface area (Å²) >= 11 is 0. The summed E-state index contributed by atoms with van der Waals surface area (Å²) in [6.07, 6.45) is 9.93. The van der Waals surface area contributed by atoms with Crippen LogP contribution in [0.25, 0.3) is 10.9 Å². The van der Waals surface area contributed by atoms with Gasteiger partial charge < -0.3 is 20.7 Å². The summed E-state index contributed by atoms with van der Waals surface area (Å²) in [5.74, 6) is -1.22. The summed E-state index contributed by atoms with van der Waals surface area (Å²) in [4.78, 5) is 31.7. The van der Waals surface area contributed by atoms with Gasteiger partial charge in [0.1, 0.15) is 6.04 Å². The van der Waals surface area contributed by atoms with Crippen molar-refractivity contribution >= 4 is 38.8 Å². The van der Waals surface area contributed by atoms with Gasteiger partial charge in [0.05, 0.1) is 16.6 Å². The molecule has 0 fully saturated rings. The maximum absolute atomic E-state index is 12.8. The molecule has 0 aliphatic rings. The molecule has 5 N–H and O–H groups in total. The first kappa shape index (κ1) is 29.7. The highest BCUT2D eigenvalue weighted by Crippen LogP contribution is 2.17. The lowest BCUT2D eigenvalue weighted by molar-refractivity contribution is -0.138. The average molecular weight is 582 g/mol. The smallest absolute Gasteiger partial charge is 0.323 e. The van der Waals surface area contributed by atoms with E-state index in [1.807, 2.05) is 4.68 Å². The number of carbonyl (C=O) groups is 2. The van der Waals surface area contributed by atoms with Crippen molar-refractivity contribution in [1.82, 2.24) is 29.8 Å². The Labute approximate surface area is 238 Å². The fourth-order valence-electron chi connectivity index (χ4n) is 4.35. The summed E-state index contributed by atoms with van der Waals surface area (Å²) in [7, 11) is -4.11. The fraction of sp³-hybridized carbons (Fsp3) is 0.357. The number of aliphatic carboxylic acids is 1. The zero-order valence-electron chi connectivity index (χ0n) is 22.8. The molecule has 4 rings (SSSR count). The minimum absolute atomic E-state index is 0.0338. The monoisotopic (exact) mass is 581 g/mol. The molecule has 0 spiro atoms. The number of nitrogens with one attached hydrogen (secondary N) is 4. The maximum Gasteiger partial charge on any atom is 0.323 e. The second kappa shape index (κ2) is 13.9. The van der Waals surface area contributed by atoms with E-state index in [0.29, 0.717) is 24.6 Å². The van der Waals surface area contributed by atoms with Crippen LogP contribution in [0.2, 0.25) is 0 Å². The van der Waals surface area contributed by atoms with Gasteiger partial charge in [-0.2, -0.15) is 9.82 Å². The molecule has 2 heterocycles. The number of unbranched alkanes of at least 4 members (excludes halogenated alkanes) is 2. The Morgan fingerprint density at radius 2 is 1.90 bits per heavy atom. The van der Waals surface area contributed by atoms with Gasteiger partial charge in [-0.15, -0.1) is 0 Å². The van der Waals surface area contributed by atoms with Crippen molar-refractivity contribution in [2.24, 2.45) is 0 Å². The summed E-state index contributed by atoms with van der Waals surface area (Å²) in [5.41, 5.74) is 2.18. The number of carboxylic acids is 1. The molecule has 13 heteroatoms. The quantitative estimate of drug-likeness (QED) is 0.126. The van der Waals surface area contributed by atoms with E-state index in [-0.39, 0.29) is 4.90 Å². The van der Waals surface area contributed by atoms with E-state index >= 15 is 0 Å². The summed E-state index contributed by atoms with van der Waals surface area (Å²) in [6, 6.07) is 9.92. The van der Waals surface area contributed by atoms with Crippen LogP contribution in [0.15, 0.2) is 66.0 Å². The minimum Gasteiger partial charge on any atom is -0.480 e. The van der Waals surface area contributed by atoms with Crippen molar-refractivity contribution in [3.05, 3.63) is 72.2 Å². The highest BCUT2D eigenvalue weighted by Gasteiger charge is 2.26. The van der Waals surface area contributed by atoms with Gasteiger partial charge in [0.2, 0.25) is 10.0 Å². The average Bonchev–Trinajstić information content (AvgIpc) is 3.63. The first-order valence-electron chi connectivity index (χ1n) is 13.6. The number of rotatable bonds is 16. The van der Waals surface area contributed by atoms with E-state index in [0.717, 1.165) is 48.6 Å². The number of carboxylic acid groups (broad SMARTS) is 1. The molecule has 1 atom stereocenters. The highest BCUT2D eigenvalue weighted by molar-refractivity contribution is 7.89. The number of sulfonamides is 1. The second-order valence-electron chi connectivity index (χ2n) is 9.68. The third kappa shape index (κ3) is 8.14. The Balaban J connectivity index is 1.32. The molecule has 41 heavy (non-hydrogen) atoms. The Kier molecular flexibility index (Phi) is 10.1. The van der Waals surface area contributed by atoms with E-state index in [2.05, 4.69) is 37.3 Å². The number of anilines is 1. The number of amides is 1. The maximum atomic E-state index is 12.8. The molecular formula is C28H35N7O5S. The van der Waals surface area contributed by atoms with Gasteiger partial charge >= 0.3 is 5.97 Å². The third-order valence-corrected chi connectivity index (χ3v) is 8.09. The van der Waals surface area contributed by atoms with Gasteiger partial charge in [-0.3, -0.25) is 14.3 Å². The van der Waals surface area contributed by atoms with Crippen LogP contribution in [0.3, 0.4) is 0 Å². The predicted octanol–water partition coefficient (Wildman–Crippen LogP) is 3.16. The van der Waals surface area contributed by atoms with E-state index in [1.165, 1.54) is 12.1 Å². The minimum atomic E-state index is -4.11. The van der Waals surface area contributed by atoms with Gasteiger partial charge in [-0.1, -0.05) is 31.9 Å². The molecule has 0 bridgehead atoms. The second-order valence-corrected chi connectivity index (χ2v) is 11.4. The van der Waals surface area contributed by atoms with Crippen LogP contribution < -0.4 is 15.4 Å². The molecule has 1 amide bonds. The van der Waals surface area contributed by atoms with Gasteiger partial charge in [-0.25, -0.2) is 13.4 Å². The van der Waals surface area contributed by atoms with Gasteiger partial charge in [0.25, 0.3) is 5.91 Å². The van der Waals surface area contributed by atoms with E-state index in [1.54, 1.807) is 48.9 Å². The zero-order valence-corrected chi connectivity index (χ0v) is 23.7. The van der Waals surface area contributed by atoms with Crippen molar-refractivity contribution in [3.8, 4) is 0 Å². The normalized spacial score (nSPS) is 12.3. The zero-order chi connectivity index (χ0) is 29.2. The molecule has 0 radical (unpaired) electrons. The number of aromatic nitrogens is 4. The topological polar surface area (TPSA) is 171 Å². The first-order valence-corrected chi connectivity index (χ1v) is 15.1. The molecule has 4 aromatic rings. The summed E-state index contributed by atoms with van der Waals surface area (Å²) in [6.45, 7) is 3.05. The van der Waals surface area contributed by atoms with E-state index in [9.17, 15) is 23.1 Å². The predicted molar refractivity (Wildman–Crippen MR) is 155 cm³/mol. The SMILES string of the molecule is CCCCCc1ccc(S(=O)(=O)NC(CNC(=O)c2ccc3c(cnn3CCCNc3ncc[nH]3)c2)C(=O)O)cc1. The van der Waals surface area contributed by atoms with Crippen LogP contribution >= 0.6 is 0 Å². The van der Waals surface area contributed by atoms with Gasteiger partial charge in [0, 0.05) is 43.0 Å². The molecule has 2 aromatic heterocycles. The molecule has 0 aliphatic carbocycles.